The van der Waals surface area contributed by atoms with Gasteiger partial charge in [-0.3, -0.25) is 0 Å². The van der Waals surface area contributed by atoms with Gasteiger partial charge in [-0.05, 0) is 19.9 Å². The number of fused-ring (bicyclic) bond motifs is 1. The maximum atomic E-state index is 12.0. The molecule has 3 heterocycles. The van der Waals surface area contributed by atoms with E-state index in [1.165, 1.54) is 10.7 Å². The van der Waals surface area contributed by atoms with Crippen molar-refractivity contribution in [1.82, 2.24) is 0 Å². The second-order valence-corrected chi connectivity index (χ2v) is 5.47. The fraction of sp³-hybridized carbons (Fsp3) is 0.286. The lowest BCUT2D eigenvalue weighted by atomic mass is 10.1. The minimum atomic E-state index is -0.392. The highest BCUT2D eigenvalue weighted by Gasteiger charge is 2.39. The van der Waals surface area contributed by atoms with Crippen molar-refractivity contribution in [3.63, 3.8) is 0 Å². The van der Waals surface area contributed by atoms with Gasteiger partial charge in [0.1, 0.15) is 18.3 Å². The Morgan fingerprint density at radius 2 is 2.10 bits per heavy atom. The van der Waals surface area contributed by atoms with Crippen molar-refractivity contribution >= 4 is 19.5 Å². The lowest BCUT2D eigenvalue weighted by molar-refractivity contribution is -0.592. The van der Waals surface area contributed by atoms with Gasteiger partial charge in [-0.1, -0.05) is 6.07 Å². The topological polar surface area (TPSA) is 43.3 Å². The van der Waals surface area contributed by atoms with Crippen molar-refractivity contribution in [2.24, 2.45) is 0 Å². The fourth-order valence-electron chi connectivity index (χ4n) is 2.40. The average molecular weight is 268 g/mol. The van der Waals surface area contributed by atoms with E-state index in [9.17, 15) is 5.21 Å². The molecule has 2 aromatic heterocycles. The van der Waals surface area contributed by atoms with E-state index in [1.807, 2.05) is 24.8 Å². The van der Waals surface area contributed by atoms with Gasteiger partial charge in [0.15, 0.2) is 11.9 Å². The van der Waals surface area contributed by atoms with Gasteiger partial charge in [0.05, 0.1) is 6.20 Å². The first-order chi connectivity index (χ1) is 9.46. The molecule has 0 saturated heterocycles. The smallest absolute Gasteiger partial charge is 0.285 e. The third-order valence-corrected chi connectivity index (χ3v) is 3.22. The minimum absolute atomic E-state index is 0.392. The van der Waals surface area contributed by atoms with E-state index in [1.54, 1.807) is 30.6 Å². The van der Waals surface area contributed by atoms with Crippen molar-refractivity contribution < 1.29 is 13.9 Å². The molecule has 1 aliphatic heterocycles. The molecule has 5 nitrogen and oxygen atoms in total. The first-order valence-electron chi connectivity index (χ1n) is 6.41. The Balaban J connectivity index is 2.16. The summed E-state index contributed by atoms with van der Waals surface area (Å²) in [5.74, 6) is 1.27. The van der Waals surface area contributed by atoms with Crippen LogP contribution >= 0.6 is 0 Å². The Hall–Kier alpha value is -2.24. The van der Waals surface area contributed by atoms with Crippen LogP contribution in [-0.4, -0.2) is 20.1 Å². The molecule has 0 fully saturated rings. The number of hydrogen-bond donors (Lipinski definition) is 0. The van der Waals surface area contributed by atoms with Crippen molar-refractivity contribution in [2.75, 3.05) is 11.4 Å². The summed E-state index contributed by atoms with van der Waals surface area (Å²) in [5.41, 5.74) is 0.390. The number of nitrogens with zero attached hydrogens (tertiary/aromatic N) is 3. The van der Waals surface area contributed by atoms with Crippen molar-refractivity contribution in [3.8, 4) is 5.75 Å². The normalized spacial score (nSPS) is 16.4. The van der Waals surface area contributed by atoms with E-state index in [0.29, 0.717) is 18.1 Å². The molecule has 3 rings (SSSR count). The molecule has 0 N–H and O–H groups in total. The zero-order chi connectivity index (χ0) is 14.3. The Morgan fingerprint density at radius 1 is 1.30 bits per heavy atom. The van der Waals surface area contributed by atoms with E-state index < -0.39 is 5.60 Å². The summed E-state index contributed by atoms with van der Waals surface area (Å²) in [6, 6.07) is 7.13. The number of hydrogen-bond acceptors (Lipinski definition) is 3. The van der Waals surface area contributed by atoms with E-state index in [4.69, 9.17) is 12.7 Å². The average Bonchev–Trinajstić information content (AvgIpc) is 2.38. The van der Waals surface area contributed by atoms with Gasteiger partial charge >= 0.3 is 0 Å². The summed E-state index contributed by atoms with van der Waals surface area (Å²) in [6.07, 6.45) is 4.95. The molecule has 0 saturated carbocycles. The van der Waals surface area contributed by atoms with Gasteiger partial charge in [0, 0.05) is 12.1 Å². The third-order valence-electron chi connectivity index (χ3n) is 3.22. The van der Waals surface area contributed by atoms with E-state index >= 15 is 0 Å². The van der Waals surface area contributed by atoms with Gasteiger partial charge in [0.2, 0.25) is 5.69 Å². The number of ether oxygens (including phenoxy) is 1. The highest BCUT2D eigenvalue weighted by molar-refractivity contribution is 5.95. The largest absolute Gasteiger partial charge is 0.711 e. The Bertz CT molecular complexity index is 661. The molecule has 6 heteroatoms. The molecule has 0 aliphatic carbocycles. The number of aromatic nitrogens is 2. The van der Waals surface area contributed by atoms with Gasteiger partial charge in [-0.2, -0.15) is 0 Å². The van der Waals surface area contributed by atoms with Crippen LogP contribution in [0.4, 0.5) is 11.5 Å². The van der Waals surface area contributed by atoms with E-state index in [0.717, 1.165) is 10.4 Å². The summed E-state index contributed by atoms with van der Waals surface area (Å²) >= 11 is 0. The van der Waals surface area contributed by atoms with Gasteiger partial charge in [-0.25, -0.2) is 9.63 Å². The quantitative estimate of drug-likeness (QED) is 0.437. The summed E-state index contributed by atoms with van der Waals surface area (Å²) < 4.78 is 8.24. The molecule has 101 valence electrons. The second kappa shape index (κ2) is 4.40. The van der Waals surface area contributed by atoms with E-state index in [-0.39, 0.29) is 0 Å². The molecule has 0 aromatic carbocycles. The highest BCUT2D eigenvalue weighted by Crippen LogP contribution is 2.38. The molecule has 0 bridgehead atoms. The highest BCUT2D eigenvalue weighted by atomic mass is 16.5. The molecular formula is C14H15BN3O2. The van der Waals surface area contributed by atoms with Crippen LogP contribution in [0.3, 0.4) is 0 Å². The SMILES string of the molecule is [B-][n+]1ccc2c(c1)N(c1cccc[n+]1[O-])CC(C)(C)O2. The van der Waals surface area contributed by atoms with Crippen LogP contribution in [0, 0.1) is 5.21 Å². The predicted octanol–water partition coefficient (Wildman–Crippen LogP) is 0.848. The van der Waals surface area contributed by atoms with Crippen LogP contribution in [-0.2, 0) is 0 Å². The molecule has 20 heavy (non-hydrogen) atoms. The maximum absolute atomic E-state index is 12.0. The number of rotatable bonds is 1. The van der Waals surface area contributed by atoms with Crippen LogP contribution in [0.15, 0.2) is 42.9 Å². The number of pyridine rings is 2. The Morgan fingerprint density at radius 3 is 2.85 bits per heavy atom. The summed E-state index contributed by atoms with van der Waals surface area (Å²) in [4.78, 5) is 1.93. The first kappa shape index (κ1) is 12.8. The van der Waals surface area contributed by atoms with Crippen molar-refractivity contribution in [2.45, 2.75) is 19.4 Å². The summed E-state index contributed by atoms with van der Waals surface area (Å²) in [6.45, 7) is 4.55. The van der Waals surface area contributed by atoms with Crippen molar-refractivity contribution in [3.05, 3.63) is 48.1 Å². The molecule has 3 radical (unpaired) electrons. The molecule has 2 aromatic rings. The van der Waals surface area contributed by atoms with Crippen LogP contribution in [0.5, 0.6) is 5.75 Å². The van der Waals surface area contributed by atoms with Crippen LogP contribution in [0.2, 0.25) is 0 Å². The monoisotopic (exact) mass is 268 g/mol. The fourth-order valence-corrected chi connectivity index (χ4v) is 2.40. The summed E-state index contributed by atoms with van der Waals surface area (Å²) in [7, 11) is 5.78. The van der Waals surface area contributed by atoms with Gasteiger partial charge in [0.25, 0.3) is 5.82 Å². The molecule has 1 aliphatic rings. The predicted molar refractivity (Wildman–Crippen MR) is 74.9 cm³/mol. The first-order valence-corrected chi connectivity index (χ1v) is 6.41. The van der Waals surface area contributed by atoms with E-state index in [2.05, 4.69) is 0 Å². The molecule has 0 unspecified atom stereocenters. The molecule has 0 spiro atoms. The molecule has 0 atom stereocenters. The molecule has 0 amide bonds. The standard InChI is InChI=1S/C14H15BN3O2/c1-14(2)10-17(13-5-3-4-7-18(13)19)11-9-16(15)8-6-12(11)20-14/h3-9H,10H2,1-2H3. The van der Waals surface area contributed by atoms with Crippen LogP contribution < -0.4 is 18.8 Å². The van der Waals surface area contributed by atoms with Crippen molar-refractivity contribution in [1.29, 1.82) is 0 Å². The Kier molecular flexibility index (Phi) is 2.81. The lowest BCUT2D eigenvalue weighted by Gasteiger charge is -2.36. The zero-order valence-electron chi connectivity index (χ0n) is 11.5. The Labute approximate surface area is 119 Å². The van der Waals surface area contributed by atoms with Crippen LogP contribution in [0.25, 0.3) is 0 Å². The second-order valence-electron chi connectivity index (χ2n) is 5.47. The molecular weight excluding hydrogens is 253 g/mol. The third kappa shape index (κ3) is 2.17. The van der Waals surface area contributed by atoms with Gasteiger partial charge < -0.3 is 14.4 Å². The summed E-state index contributed by atoms with van der Waals surface area (Å²) in [5, 5.41) is 12.0. The minimum Gasteiger partial charge on any atom is -0.711 e. The van der Waals surface area contributed by atoms with Gasteiger partial charge in [-0.15, -0.1) is 7.98 Å². The zero-order valence-corrected chi connectivity index (χ0v) is 11.5. The van der Waals surface area contributed by atoms with Crippen LogP contribution in [0.1, 0.15) is 13.8 Å². The maximum Gasteiger partial charge on any atom is 0.285 e. The lowest BCUT2D eigenvalue weighted by Crippen LogP contribution is -2.49. The number of anilines is 2.